The van der Waals surface area contributed by atoms with Crippen LogP contribution in [0.2, 0.25) is 0 Å². The fourth-order valence-corrected chi connectivity index (χ4v) is 5.09. The van der Waals surface area contributed by atoms with Crippen molar-refractivity contribution >= 4 is 22.8 Å². The van der Waals surface area contributed by atoms with Gasteiger partial charge in [-0.3, -0.25) is 9.59 Å². The largest absolute Gasteiger partial charge is 0.457 e. The van der Waals surface area contributed by atoms with E-state index in [2.05, 4.69) is 18.0 Å². The number of allylic oxidation sites excluding steroid dienone is 1. The molecule has 35 heavy (non-hydrogen) atoms. The minimum Gasteiger partial charge on any atom is -0.457 e. The number of esters is 1. The number of ketones is 1. The fraction of sp³-hybridized carbons (Fsp3) is 0.621. The quantitative estimate of drug-likeness (QED) is 0.398. The Bertz CT molecular complexity index is 1100. The number of ether oxygens (including phenoxy) is 1. The molecule has 0 bridgehead atoms. The van der Waals surface area contributed by atoms with E-state index in [1.54, 1.807) is 0 Å². The van der Waals surface area contributed by atoms with Crippen LogP contribution in [0.5, 0.6) is 0 Å². The zero-order chi connectivity index (χ0) is 25.9. The standard InChI is InChI=1S/C29H42N2O4/c1-18-9-8-10-19(2)27(33)20(3)28(34)29(5,6)16-15-26(32)35-25(14-11-18)22-12-13-24-23(17-22)30-21(4)31(24)7/h11-13,17,19-20,25,27,33H,8-10,14-16H2,1-7H3/t19-,20+,25-,27-/m0/s1. The van der Waals surface area contributed by atoms with Gasteiger partial charge in [0.15, 0.2) is 0 Å². The monoisotopic (exact) mass is 482 g/mol. The summed E-state index contributed by atoms with van der Waals surface area (Å²) in [6, 6.07) is 6.06. The topological polar surface area (TPSA) is 81.4 Å². The van der Waals surface area contributed by atoms with Gasteiger partial charge in [0.1, 0.15) is 17.7 Å². The van der Waals surface area contributed by atoms with Crippen LogP contribution >= 0.6 is 0 Å². The predicted octanol–water partition coefficient (Wildman–Crippen LogP) is 5.99. The lowest BCUT2D eigenvalue weighted by Crippen LogP contribution is -2.39. The molecule has 1 aliphatic rings. The summed E-state index contributed by atoms with van der Waals surface area (Å²) in [5.74, 6) is 0.190. The van der Waals surface area contributed by atoms with Crippen molar-refractivity contribution in [3.63, 3.8) is 0 Å². The van der Waals surface area contributed by atoms with Crippen LogP contribution in [0.15, 0.2) is 29.8 Å². The van der Waals surface area contributed by atoms with Gasteiger partial charge < -0.3 is 14.4 Å². The number of hydrogen-bond acceptors (Lipinski definition) is 5. The molecule has 0 saturated carbocycles. The summed E-state index contributed by atoms with van der Waals surface area (Å²) in [4.78, 5) is 30.8. The van der Waals surface area contributed by atoms with E-state index in [9.17, 15) is 14.7 Å². The molecule has 1 aromatic carbocycles. The number of carbonyl (C=O) groups excluding carboxylic acids is 2. The molecular weight excluding hydrogens is 440 g/mol. The number of carbonyl (C=O) groups is 2. The van der Waals surface area contributed by atoms with E-state index >= 15 is 0 Å². The zero-order valence-electron chi connectivity index (χ0n) is 22.4. The van der Waals surface area contributed by atoms with E-state index in [0.717, 1.165) is 41.7 Å². The lowest BCUT2D eigenvalue weighted by Gasteiger charge is -2.31. The Balaban J connectivity index is 1.89. The van der Waals surface area contributed by atoms with Crippen LogP contribution in [-0.2, 0) is 21.4 Å². The number of nitrogens with zero attached hydrogens (tertiary/aromatic N) is 2. The van der Waals surface area contributed by atoms with E-state index in [4.69, 9.17) is 4.74 Å². The van der Waals surface area contributed by atoms with Crippen molar-refractivity contribution in [1.82, 2.24) is 9.55 Å². The van der Waals surface area contributed by atoms with E-state index in [1.807, 2.05) is 64.4 Å². The van der Waals surface area contributed by atoms with Crippen molar-refractivity contribution in [3.05, 3.63) is 41.2 Å². The first-order chi connectivity index (χ1) is 16.4. The number of benzene rings is 1. The van der Waals surface area contributed by atoms with Crippen LogP contribution in [0.4, 0.5) is 0 Å². The third-order valence-corrected chi connectivity index (χ3v) is 7.81. The number of fused-ring (bicyclic) bond motifs is 1. The lowest BCUT2D eigenvalue weighted by atomic mass is 9.74. The van der Waals surface area contributed by atoms with Crippen LogP contribution in [0, 0.1) is 24.2 Å². The zero-order valence-corrected chi connectivity index (χ0v) is 22.4. The lowest BCUT2D eigenvalue weighted by molar-refractivity contribution is -0.150. The first kappa shape index (κ1) is 27.1. The van der Waals surface area contributed by atoms with Gasteiger partial charge >= 0.3 is 5.97 Å². The first-order valence-corrected chi connectivity index (χ1v) is 12.9. The van der Waals surface area contributed by atoms with E-state index in [-0.39, 0.29) is 24.1 Å². The number of rotatable bonds is 1. The Labute approximate surface area is 209 Å². The number of aliphatic hydroxyl groups is 1. The number of Topliss-reactive ketones (excluding diaryl/α,β-unsaturated/α-hetero) is 1. The summed E-state index contributed by atoms with van der Waals surface area (Å²) in [6.45, 7) is 11.6. The van der Waals surface area contributed by atoms with Crippen molar-refractivity contribution < 1.29 is 19.4 Å². The molecule has 0 saturated heterocycles. The molecule has 6 nitrogen and oxygen atoms in total. The van der Waals surface area contributed by atoms with Gasteiger partial charge in [0.05, 0.1) is 17.1 Å². The molecule has 0 fully saturated rings. The van der Waals surface area contributed by atoms with Gasteiger partial charge in [-0.05, 0) is 63.1 Å². The summed E-state index contributed by atoms with van der Waals surface area (Å²) in [7, 11) is 1.99. The number of cyclic esters (lactones) is 1. The van der Waals surface area contributed by atoms with E-state index in [1.165, 1.54) is 5.57 Å². The summed E-state index contributed by atoms with van der Waals surface area (Å²) in [6.07, 6.45) is 4.91. The Hall–Kier alpha value is -2.47. The maximum Gasteiger partial charge on any atom is 0.306 e. The van der Waals surface area contributed by atoms with Crippen LogP contribution in [0.25, 0.3) is 11.0 Å². The van der Waals surface area contributed by atoms with Crippen molar-refractivity contribution in [2.24, 2.45) is 24.3 Å². The highest BCUT2D eigenvalue weighted by Gasteiger charge is 2.37. The summed E-state index contributed by atoms with van der Waals surface area (Å²) in [5.41, 5.74) is 3.38. The maximum atomic E-state index is 13.2. The Morgan fingerprint density at radius 3 is 2.57 bits per heavy atom. The SMILES string of the molecule is CC1=CC[C@@H](c2ccc3c(c2)nc(C)n3C)OC(=O)CCC(C)(C)C(=O)[C@H](C)[C@@H](O)[C@@H](C)CCC1. The number of hydrogen-bond donors (Lipinski definition) is 1. The molecule has 6 heteroatoms. The Kier molecular flexibility index (Phi) is 8.58. The molecule has 0 radical (unpaired) electrons. The van der Waals surface area contributed by atoms with Crippen LogP contribution < -0.4 is 0 Å². The third kappa shape index (κ3) is 6.40. The van der Waals surface area contributed by atoms with Crippen LogP contribution in [0.3, 0.4) is 0 Å². The molecule has 2 aromatic rings. The highest BCUT2D eigenvalue weighted by Crippen LogP contribution is 2.33. The fourth-order valence-electron chi connectivity index (χ4n) is 5.09. The van der Waals surface area contributed by atoms with Crippen LogP contribution in [0.1, 0.15) is 90.6 Å². The van der Waals surface area contributed by atoms with Gasteiger partial charge in [0.25, 0.3) is 0 Å². The third-order valence-electron chi connectivity index (χ3n) is 7.81. The van der Waals surface area contributed by atoms with Crippen molar-refractivity contribution in [2.75, 3.05) is 0 Å². The average molecular weight is 483 g/mol. The molecule has 192 valence electrons. The molecule has 0 unspecified atom stereocenters. The maximum absolute atomic E-state index is 13.2. The Morgan fingerprint density at radius 2 is 1.86 bits per heavy atom. The summed E-state index contributed by atoms with van der Waals surface area (Å²) in [5, 5.41) is 10.8. The molecule has 1 aliphatic heterocycles. The number of aromatic nitrogens is 2. The molecule has 1 aromatic heterocycles. The summed E-state index contributed by atoms with van der Waals surface area (Å²) >= 11 is 0. The smallest absolute Gasteiger partial charge is 0.306 e. The first-order valence-electron chi connectivity index (χ1n) is 12.9. The molecule has 1 N–H and O–H groups in total. The summed E-state index contributed by atoms with van der Waals surface area (Å²) < 4.78 is 8.03. The van der Waals surface area contributed by atoms with Crippen molar-refractivity contribution in [1.29, 1.82) is 0 Å². The second kappa shape index (κ2) is 11.1. The normalized spacial score (nSPS) is 27.5. The number of imidazole rings is 1. The molecular formula is C29H42N2O4. The Morgan fingerprint density at radius 1 is 1.14 bits per heavy atom. The second-order valence-electron chi connectivity index (χ2n) is 11.1. The number of aryl methyl sites for hydroxylation is 2. The van der Waals surface area contributed by atoms with Gasteiger partial charge in [0, 0.05) is 31.2 Å². The average Bonchev–Trinajstić information content (AvgIpc) is 3.10. The molecule has 2 heterocycles. The molecule has 0 amide bonds. The minimum atomic E-state index is -0.716. The van der Waals surface area contributed by atoms with E-state index in [0.29, 0.717) is 12.8 Å². The van der Waals surface area contributed by atoms with Gasteiger partial charge in [-0.15, -0.1) is 0 Å². The van der Waals surface area contributed by atoms with Gasteiger partial charge in [-0.1, -0.05) is 45.4 Å². The van der Waals surface area contributed by atoms with Crippen molar-refractivity contribution in [3.8, 4) is 0 Å². The van der Waals surface area contributed by atoms with E-state index < -0.39 is 23.5 Å². The highest BCUT2D eigenvalue weighted by molar-refractivity contribution is 5.87. The van der Waals surface area contributed by atoms with Crippen molar-refractivity contribution in [2.45, 2.75) is 92.3 Å². The van der Waals surface area contributed by atoms with Gasteiger partial charge in [-0.25, -0.2) is 4.98 Å². The molecule has 3 rings (SSSR count). The number of aliphatic hydroxyl groups excluding tert-OH is 1. The highest BCUT2D eigenvalue weighted by atomic mass is 16.5. The van der Waals surface area contributed by atoms with Gasteiger partial charge in [0.2, 0.25) is 0 Å². The predicted molar refractivity (Wildman–Crippen MR) is 139 cm³/mol. The molecule has 4 atom stereocenters. The molecule has 0 aliphatic carbocycles. The molecule has 0 spiro atoms. The minimum absolute atomic E-state index is 0.000318. The van der Waals surface area contributed by atoms with Crippen LogP contribution in [-0.4, -0.2) is 32.5 Å². The second-order valence-corrected chi connectivity index (χ2v) is 11.1. The van der Waals surface area contributed by atoms with Gasteiger partial charge in [-0.2, -0.15) is 0 Å².